The number of anilines is 1. The molecule has 7 heteroatoms. The molecule has 3 heterocycles. The average Bonchev–Trinajstić information content (AvgIpc) is 3.33. The lowest BCUT2D eigenvalue weighted by Crippen LogP contribution is -2.50. The van der Waals surface area contributed by atoms with Crippen molar-refractivity contribution in [2.24, 2.45) is 0 Å². The van der Waals surface area contributed by atoms with Crippen molar-refractivity contribution < 1.29 is 14.0 Å². The Morgan fingerprint density at radius 1 is 1.20 bits per heavy atom. The number of carbonyl (C=O) groups is 2. The maximum atomic E-state index is 12.8. The molecule has 2 aromatic heterocycles. The van der Waals surface area contributed by atoms with E-state index in [1.165, 1.54) is 17.6 Å². The van der Waals surface area contributed by atoms with Crippen LogP contribution in [0.5, 0.6) is 0 Å². The molecule has 1 unspecified atom stereocenters. The normalized spacial score (nSPS) is 16.3. The Labute approximate surface area is 148 Å². The number of nitrogens with zero attached hydrogens (tertiary/aromatic N) is 2. The van der Waals surface area contributed by atoms with Crippen LogP contribution in [0.25, 0.3) is 0 Å². The highest BCUT2D eigenvalue weighted by Gasteiger charge is 2.36. The zero-order valence-corrected chi connectivity index (χ0v) is 14.0. The zero-order chi connectivity index (χ0) is 17.2. The van der Waals surface area contributed by atoms with Gasteiger partial charge in [-0.1, -0.05) is 24.3 Å². The fraction of sp³-hybridized carbons (Fsp3) is 0.167. The third kappa shape index (κ3) is 3.06. The van der Waals surface area contributed by atoms with E-state index in [0.717, 1.165) is 11.1 Å². The van der Waals surface area contributed by atoms with Crippen LogP contribution in [0.15, 0.2) is 58.7 Å². The number of hydrogen-bond donors (Lipinski definition) is 1. The van der Waals surface area contributed by atoms with E-state index in [-0.39, 0.29) is 17.6 Å². The van der Waals surface area contributed by atoms with Crippen LogP contribution in [0.4, 0.5) is 5.13 Å². The van der Waals surface area contributed by atoms with Crippen LogP contribution < -0.4 is 5.32 Å². The van der Waals surface area contributed by atoms with E-state index in [2.05, 4.69) is 10.3 Å². The summed E-state index contributed by atoms with van der Waals surface area (Å²) in [6, 6.07) is 10.5. The smallest absolute Gasteiger partial charge is 0.290 e. The summed E-state index contributed by atoms with van der Waals surface area (Å²) >= 11 is 1.34. The number of carbonyl (C=O) groups excluding carboxylic acids is 2. The number of furan rings is 1. The lowest BCUT2D eigenvalue weighted by Gasteiger charge is -2.35. The summed E-state index contributed by atoms with van der Waals surface area (Å²) in [6.45, 7) is 0.367. The summed E-state index contributed by atoms with van der Waals surface area (Å²) in [4.78, 5) is 31.3. The van der Waals surface area contributed by atoms with Gasteiger partial charge in [0.15, 0.2) is 10.9 Å². The maximum absolute atomic E-state index is 12.8. The van der Waals surface area contributed by atoms with Crippen LogP contribution in [0.2, 0.25) is 0 Å². The van der Waals surface area contributed by atoms with E-state index < -0.39 is 6.04 Å². The average molecular weight is 353 g/mol. The van der Waals surface area contributed by atoms with Crippen LogP contribution in [-0.4, -0.2) is 27.7 Å². The summed E-state index contributed by atoms with van der Waals surface area (Å²) in [5, 5.41) is 5.11. The molecule has 1 aliphatic rings. The maximum Gasteiger partial charge on any atom is 0.290 e. The molecule has 3 aromatic rings. The van der Waals surface area contributed by atoms with Crippen molar-refractivity contribution in [1.82, 2.24) is 9.88 Å². The highest BCUT2D eigenvalue weighted by molar-refractivity contribution is 7.13. The Balaban J connectivity index is 1.65. The fourth-order valence-corrected chi connectivity index (χ4v) is 3.52. The minimum absolute atomic E-state index is 0.228. The second-order valence-corrected chi connectivity index (χ2v) is 6.62. The summed E-state index contributed by atoms with van der Waals surface area (Å²) in [6.07, 6.45) is 3.54. The van der Waals surface area contributed by atoms with Gasteiger partial charge in [-0.05, 0) is 23.3 Å². The predicted molar refractivity (Wildman–Crippen MR) is 93.3 cm³/mol. The number of thiazole rings is 1. The Hall–Kier alpha value is -2.93. The molecule has 0 spiro atoms. The van der Waals surface area contributed by atoms with E-state index in [9.17, 15) is 9.59 Å². The number of fused-ring (bicyclic) bond motifs is 1. The highest BCUT2D eigenvalue weighted by atomic mass is 32.1. The Morgan fingerprint density at radius 3 is 2.76 bits per heavy atom. The van der Waals surface area contributed by atoms with Gasteiger partial charge in [-0.25, -0.2) is 4.98 Å². The van der Waals surface area contributed by atoms with Gasteiger partial charge < -0.3 is 14.6 Å². The van der Waals surface area contributed by atoms with Gasteiger partial charge in [-0.15, -0.1) is 11.3 Å². The molecule has 0 radical (unpaired) electrons. The van der Waals surface area contributed by atoms with E-state index in [1.54, 1.807) is 28.6 Å². The largest absolute Gasteiger partial charge is 0.459 e. The number of benzene rings is 1. The topological polar surface area (TPSA) is 75.4 Å². The number of amides is 2. The van der Waals surface area contributed by atoms with Crippen molar-refractivity contribution in [2.75, 3.05) is 5.32 Å². The van der Waals surface area contributed by atoms with Crippen molar-refractivity contribution in [2.45, 2.75) is 19.0 Å². The fourth-order valence-electron chi connectivity index (χ4n) is 2.99. The summed E-state index contributed by atoms with van der Waals surface area (Å²) in [7, 11) is 0. The second-order valence-electron chi connectivity index (χ2n) is 5.73. The van der Waals surface area contributed by atoms with Gasteiger partial charge in [0.2, 0.25) is 5.91 Å². The molecule has 4 rings (SSSR count). The molecule has 6 nitrogen and oxygen atoms in total. The van der Waals surface area contributed by atoms with Crippen molar-refractivity contribution in [3.63, 3.8) is 0 Å². The summed E-state index contributed by atoms with van der Waals surface area (Å²) in [5.74, 6) is -0.311. The van der Waals surface area contributed by atoms with Gasteiger partial charge in [0.25, 0.3) is 5.91 Å². The quantitative estimate of drug-likeness (QED) is 0.785. The van der Waals surface area contributed by atoms with Crippen molar-refractivity contribution in [3.8, 4) is 0 Å². The molecule has 0 aliphatic carbocycles. The number of hydrogen-bond acceptors (Lipinski definition) is 5. The first-order chi connectivity index (χ1) is 12.2. The monoisotopic (exact) mass is 353 g/mol. The molecule has 0 saturated carbocycles. The van der Waals surface area contributed by atoms with Crippen molar-refractivity contribution in [1.29, 1.82) is 0 Å². The number of nitrogens with one attached hydrogen (secondary N) is 1. The molecule has 0 fully saturated rings. The third-order valence-corrected chi connectivity index (χ3v) is 4.90. The summed E-state index contributed by atoms with van der Waals surface area (Å²) < 4.78 is 5.24. The van der Waals surface area contributed by atoms with Crippen molar-refractivity contribution >= 4 is 28.3 Å². The molecule has 25 heavy (non-hydrogen) atoms. The van der Waals surface area contributed by atoms with E-state index in [0.29, 0.717) is 18.1 Å². The zero-order valence-electron chi connectivity index (χ0n) is 13.2. The summed E-state index contributed by atoms with van der Waals surface area (Å²) in [5.41, 5.74) is 2.12. The van der Waals surface area contributed by atoms with E-state index in [1.807, 2.05) is 24.3 Å². The third-order valence-electron chi connectivity index (χ3n) is 4.21. The molecule has 0 saturated heterocycles. The van der Waals surface area contributed by atoms with E-state index in [4.69, 9.17) is 4.42 Å². The SMILES string of the molecule is O=C(Nc1nccs1)C1Cc2ccccc2CN1C(=O)c1ccco1. The molecule has 1 aliphatic heterocycles. The van der Waals surface area contributed by atoms with Crippen molar-refractivity contribution in [3.05, 3.63) is 71.1 Å². The lowest BCUT2D eigenvalue weighted by molar-refractivity contribution is -0.121. The van der Waals surface area contributed by atoms with Crippen LogP contribution in [0, 0.1) is 0 Å². The highest BCUT2D eigenvalue weighted by Crippen LogP contribution is 2.26. The Morgan fingerprint density at radius 2 is 2.04 bits per heavy atom. The lowest BCUT2D eigenvalue weighted by atomic mass is 9.93. The van der Waals surface area contributed by atoms with Gasteiger partial charge in [-0.3, -0.25) is 9.59 Å². The minimum atomic E-state index is -0.614. The molecule has 126 valence electrons. The molecule has 2 amide bonds. The van der Waals surface area contributed by atoms with Gasteiger partial charge in [0.05, 0.1) is 6.26 Å². The molecule has 1 aromatic carbocycles. The van der Waals surface area contributed by atoms with Crippen LogP contribution in [-0.2, 0) is 17.8 Å². The van der Waals surface area contributed by atoms with Crippen LogP contribution in [0.1, 0.15) is 21.7 Å². The van der Waals surface area contributed by atoms with Gasteiger partial charge in [-0.2, -0.15) is 0 Å². The predicted octanol–water partition coefficient (Wildman–Crippen LogP) is 2.94. The molecular weight excluding hydrogens is 338 g/mol. The first kappa shape index (κ1) is 15.6. The molecular formula is C18H15N3O3S. The van der Waals surface area contributed by atoms with Crippen LogP contribution in [0.3, 0.4) is 0 Å². The Kier molecular flexibility index (Phi) is 4.07. The van der Waals surface area contributed by atoms with E-state index >= 15 is 0 Å². The first-order valence-electron chi connectivity index (χ1n) is 7.84. The molecule has 1 N–H and O–H groups in total. The van der Waals surface area contributed by atoms with Gasteiger partial charge >= 0.3 is 0 Å². The minimum Gasteiger partial charge on any atom is -0.459 e. The molecule has 0 bridgehead atoms. The molecule has 1 atom stereocenters. The standard InChI is InChI=1S/C18H15N3O3S/c22-16(20-18-19-7-9-25-18)14-10-12-4-1-2-5-13(12)11-21(14)17(23)15-6-3-8-24-15/h1-9,14H,10-11H2,(H,19,20,22). The van der Waals surface area contributed by atoms with Crippen LogP contribution >= 0.6 is 11.3 Å². The van der Waals surface area contributed by atoms with Gasteiger partial charge in [0.1, 0.15) is 6.04 Å². The first-order valence-corrected chi connectivity index (χ1v) is 8.72. The van der Waals surface area contributed by atoms with Gasteiger partial charge in [0, 0.05) is 24.5 Å². The number of aromatic nitrogens is 1. The Bertz CT molecular complexity index is 890. The number of rotatable bonds is 3. The second kappa shape index (κ2) is 6.52.